The highest BCUT2D eigenvalue weighted by Gasteiger charge is 2.09. The molecule has 112 valence electrons. The fraction of sp³-hybridized carbons (Fsp3) is 0.0526. The van der Waals surface area contributed by atoms with Gasteiger partial charge in [-0.25, -0.2) is 0 Å². The third-order valence-electron chi connectivity index (χ3n) is 4.03. The van der Waals surface area contributed by atoms with Gasteiger partial charge in [-0.2, -0.15) is 0 Å². The van der Waals surface area contributed by atoms with E-state index >= 15 is 0 Å². The van der Waals surface area contributed by atoms with E-state index in [1.165, 1.54) is 0 Å². The highest BCUT2D eigenvalue weighted by atomic mass is 16.1. The smallest absolute Gasteiger partial charge is 0.190 e. The Kier molecular flexibility index (Phi) is 2.91. The van der Waals surface area contributed by atoms with Crippen molar-refractivity contribution >= 4 is 21.8 Å². The first-order chi connectivity index (χ1) is 11.1. The Bertz CT molecular complexity index is 1160. The number of hydrogen-bond donors (Lipinski definition) is 2. The van der Waals surface area contributed by atoms with Crippen molar-refractivity contribution in [2.45, 2.75) is 6.92 Å². The van der Waals surface area contributed by atoms with Crippen molar-refractivity contribution in [3.63, 3.8) is 0 Å². The number of benzene rings is 2. The number of aromatic nitrogens is 2. The number of nitrogens with one attached hydrogen (secondary N) is 2. The first kappa shape index (κ1) is 13.5. The molecule has 0 radical (unpaired) electrons. The highest BCUT2D eigenvalue weighted by molar-refractivity contribution is 6.03. The molecule has 0 unspecified atom stereocenters. The molecule has 2 aromatic carbocycles. The van der Waals surface area contributed by atoms with Gasteiger partial charge in [0.05, 0.1) is 11.0 Å². The Hall–Kier alpha value is -3.14. The van der Waals surface area contributed by atoms with Crippen LogP contribution in [-0.2, 0) is 0 Å². The lowest BCUT2D eigenvalue weighted by atomic mass is 10.1. The predicted molar refractivity (Wildman–Crippen MR) is 92.9 cm³/mol. The Morgan fingerprint density at radius 1 is 0.739 bits per heavy atom. The van der Waals surface area contributed by atoms with Gasteiger partial charge in [0.2, 0.25) is 0 Å². The number of aromatic amines is 2. The molecular weight excluding hydrogens is 288 g/mol. The molecule has 0 bridgehead atoms. The van der Waals surface area contributed by atoms with Gasteiger partial charge in [0.1, 0.15) is 0 Å². The van der Waals surface area contributed by atoms with Crippen LogP contribution in [0.1, 0.15) is 5.69 Å². The van der Waals surface area contributed by atoms with Crippen molar-refractivity contribution in [3.05, 3.63) is 80.7 Å². The van der Waals surface area contributed by atoms with Crippen LogP contribution in [0.25, 0.3) is 33.1 Å². The molecule has 4 nitrogen and oxygen atoms in total. The number of hydrogen-bond acceptors (Lipinski definition) is 2. The maximum absolute atomic E-state index is 12.5. The minimum atomic E-state index is -0.0677. The van der Waals surface area contributed by atoms with Gasteiger partial charge in [0.15, 0.2) is 10.9 Å². The Balaban J connectivity index is 2.17. The summed E-state index contributed by atoms with van der Waals surface area (Å²) in [6, 6.07) is 16.2. The van der Waals surface area contributed by atoms with Gasteiger partial charge in [-0.3, -0.25) is 9.59 Å². The Morgan fingerprint density at radius 3 is 2.04 bits per heavy atom. The van der Waals surface area contributed by atoms with E-state index in [1.807, 2.05) is 37.3 Å². The molecule has 0 atom stereocenters. The van der Waals surface area contributed by atoms with Gasteiger partial charge < -0.3 is 9.97 Å². The molecule has 0 saturated heterocycles. The molecule has 0 spiro atoms. The van der Waals surface area contributed by atoms with Crippen molar-refractivity contribution in [2.24, 2.45) is 0 Å². The molecule has 2 N–H and O–H groups in total. The first-order valence-electron chi connectivity index (χ1n) is 7.38. The minimum absolute atomic E-state index is 0.0517. The van der Waals surface area contributed by atoms with Crippen LogP contribution in [0.2, 0.25) is 0 Å². The zero-order chi connectivity index (χ0) is 16.0. The minimum Gasteiger partial charge on any atom is -0.357 e. The fourth-order valence-electron chi connectivity index (χ4n) is 2.93. The van der Waals surface area contributed by atoms with E-state index in [1.54, 1.807) is 24.3 Å². The molecular formula is C19H14N2O2. The van der Waals surface area contributed by atoms with Crippen LogP contribution in [0.5, 0.6) is 0 Å². The molecule has 4 rings (SSSR count). The second-order valence-electron chi connectivity index (χ2n) is 5.64. The average Bonchev–Trinajstić information content (AvgIpc) is 2.55. The lowest BCUT2D eigenvalue weighted by Crippen LogP contribution is -2.08. The normalized spacial score (nSPS) is 11.2. The molecule has 0 saturated carbocycles. The van der Waals surface area contributed by atoms with Crippen LogP contribution in [0.3, 0.4) is 0 Å². The second kappa shape index (κ2) is 4.95. The molecule has 0 fully saturated rings. The maximum atomic E-state index is 12.5. The zero-order valence-electron chi connectivity index (χ0n) is 12.5. The largest absolute Gasteiger partial charge is 0.357 e. The lowest BCUT2D eigenvalue weighted by molar-refractivity contribution is 1.24. The van der Waals surface area contributed by atoms with Crippen LogP contribution in [0, 0.1) is 6.92 Å². The fourth-order valence-corrected chi connectivity index (χ4v) is 2.93. The van der Waals surface area contributed by atoms with Crippen LogP contribution in [0.4, 0.5) is 0 Å². The number of H-pyrrole nitrogens is 2. The average molecular weight is 302 g/mol. The van der Waals surface area contributed by atoms with E-state index < -0.39 is 0 Å². The molecule has 0 aliphatic carbocycles. The summed E-state index contributed by atoms with van der Waals surface area (Å²) in [5.41, 5.74) is 3.64. The Morgan fingerprint density at radius 2 is 1.35 bits per heavy atom. The van der Waals surface area contributed by atoms with Gasteiger partial charge in [0.25, 0.3) is 0 Å². The van der Waals surface area contributed by atoms with Crippen LogP contribution in [-0.4, -0.2) is 9.97 Å². The van der Waals surface area contributed by atoms with Crippen LogP contribution in [0.15, 0.2) is 64.2 Å². The molecule has 0 aliphatic rings. The maximum Gasteiger partial charge on any atom is 0.190 e. The molecule has 0 aliphatic heterocycles. The van der Waals surface area contributed by atoms with Gasteiger partial charge >= 0.3 is 0 Å². The molecule has 0 amide bonds. The highest BCUT2D eigenvalue weighted by Crippen LogP contribution is 2.22. The third-order valence-corrected chi connectivity index (χ3v) is 4.03. The number of pyridine rings is 2. The van der Waals surface area contributed by atoms with Gasteiger partial charge in [-0.1, -0.05) is 30.3 Å². The van der Waals surface area contributed by atoms with Gasteiger partial charge in [-0.05, 0) is 24.6 Å². The van der Waals surface area contributed by atoms with Crippen molar-refractivity contribution < 1.29 is 0 Å². The summed E-state index contributed by atoms with van der Waals surface area (Å²) in [5, 5.41) is 1.14. The summed E-state index contributed by atoms with van der Waals surface area (Å²) >= 11 is 0. The third kappa shape index (κ3) is 2.16. The van der Waals surface area contributed by atoms with Gasteiger partial charge in [0, 0.05) is 34.3 Å². The molecule has 2 heterocycles. The monoisotopic (exact) mass is 302 g/mol. The van der Waals surface area contributed by atoms with Crippen molar-refractivity contribution in [2.75, 3.05) is 0 Å². The summed E-state index contributed by atoms with van der Waals surface area (Å²) in [6.45, 7) is 1.83. The van der Waals surface area contributed by atoms with E-state index in [0.29, 0.717) is 21.8 Å². The predicted octanol–water partition coefficient (Wildman–Crippen LogP) is 3.35. The second-order valence-corrected chi connectivity index (χ2v) is 5.64. The SMILES string of the molecule is Cc1cc(=O)c2ccc3c(=O)cc(-c4ccccc4)[nH]c3c2[nH]1. The van der Waals surface area contributed by atoms with Crippen molar-refractivity contribution in [1.82, 2.24) is 9.97 Å². The summed E-state index contributed by atoms with van der Waals surface area (Å²) in [5.74, 6) is 0. The quantitative estimate of drug-likeness (QED) is 0.530. The summed E-state index contributed by atoms with van der Waals surface area (Å²) in [7, 11) is 0. The topological polar surface area (TPSA) is 65.7 Å². The Labute approximate surface area is 131 Å². The summed E-state index contributed by atoms with van der Waals surface area (Å²) in [4.78, 5) is 31.2. The number of fused-ring (bicyclic) bond motifs is 3. The van der Waals surface area contributed by atoms with Crippen LogP contribution >= 0.6 is 0 Å². The molecule has 23 heavy (non-hydrogen) atoms. The van der Waals surface area contributed by atoms with E-state index in [9.17, 15) is 9.59 Å². The summed E-state index contributed by atoms with van der Waals surface area (Å²) in [6.07, 6.45) is 0. The van der Waals surface area contributed by atoms with Crippen LogP contribution < -0.4 is 10.9 Å². The van der Waals surface area contributed by atoms with E-state index in [4.69, 9.17) is 0 Å². The van der Waals surface area contributed by atoms with E-state index in [-0.39, 0.29) is 10.9 Å². The molecule has 4 heteroatoms. The number of rotatable bonds is 1. The van der Waals surface area contributed by atoms with Crippen molar-refractivity contribution in [3.8, 4) is 11.3 Å². The van der Waals surface area contributed by atoms with Gasteiger partial charge in [-0.15, -0.1) is 0 Å². The standard InChI is InChI=1S/C19H14N2O2/c1-11-9-16(22)13-7-8-14-17(23)10-15(12-5-3-2-4-6-12)21-19(14)18(13)20-11/h2-10H,1H3,(H,20,22)(H,21,23). The lowest BCUT2D eigenvalue weighted by Gasteiger charge is -2.08. The van der Waals surface area contributed by atoms with E-state index in [0.717, 1.165) is 17.0 Å². The first-order valence-corrected chi connectivity index (χ1v) is 7.38. The number of aryl methyl sites for hydroxylation is 1. The summed E-state index contributed by atoms with van der Waals surface area (Å²) < 4.78 is 0. The van der Waals surface area contributed by atoms with E-state index in [2.05, 4.69) is 9.97 Å². The molecule has 2 aromatic heterocycles. The molecule has 4 aromatic rings. The van der Waals surface area contributed by atoms with Crippen molar-refractivity contribution in [1.29, 1.82) is 0 Å². The zero-order valence-corrected chi connectivity index (χ0v) is 12.5.